The van der Waals surface area contributed by atoms with Crippen molar-refractivity contribution in [2.45, 2.75) is 6.92 Å². The monoisotopic (exact) mass is 387 g/mol. The van der Waals surface area contributed by atoms with E-state index in [2.05, 4.69) is 20.4 Å². The standard InChI is InChI=1S/C14H12Cl2FN5O3/c1-3-25-13(24)8(5-18-14-19-6-20-22(14)2)10(23)7-4-9(17)12(16)21-11(7)15/h4-6H,3H2,1-2H3,(H,18,19,20). The summed E-state index contributed by atoms with van der Waals surface area (Å²) in [5.41, 5.74) is -0.752. The van der Waals surface area contributed by atoms with Gasteiger partial charge >= 0.3 is 5.97 Å². The highest BCUT2D eigenvalue weighted by Crippen LogP contribution is 2.23. The minimum absolute atomic E-state index is 0.0361. The number of anilines is 1. The lowest BCUT2D eigenvalue weighted by molar-refractivity contribution is -0.138. The number of carbonyl (C=O) groups is 2. The van der Waals surface area contributed by atoms with Gasteiger partial charge in [-0.15, -0.1) is 0 Å². The zero-order valence-electron chi connectivity index (χ0n) is 13.1. The highest BCUT2D eigenvalue weighted by molar-refractivity contribution is 6.37. The Morgan fingerprint density at radius 3 is 2.72 bits per heavy atom. The van der Waals surface area contributed by atoms with Gasteiger partial charge in [-0.3, -0.25) is 4.79 Å². The Labute approximate surface area is 151 Å². The van der Waals surface area contributed by atoms with E-state index in [1.54, 1.807) is 14.0 Å². The summed E-state index contributed by atoms with van der Waals surface area (Å²) in [6, 6.07) is 0.801. The largest absolute Gasteiger partial charge is 0.462 e. The van der Waals surface area contributed by atoms with Crippen LogP contribution < -0.4 is 5.32 Å². The third-order valence-corrected chi connectivity index (χ3v) is 3.48. The fourth-order valence-corrected chi connectivity index (χ4v) is 2.15. The maximum absolute atomic E-state index is 13.6. The second-order valence-corrected chi connectivity index (χ2v) is 5.27. The molecule has 0 unspecified atom stereocenters. The lowest BCUT2D eigenvalue weighted by Crippen LogP contribution is -2.19. The van der Waals surface area contributed by atoms with Crippen LogP contribution in [-0.4, -0.2) is 38.1 Å². The van der Waals surface area contributed by atoms with Crippen LogP contribution in [0.15, 0.2) is 24.2 Å². The SMILES string of the molecule is CCOC(=O)C(=CNc1ncnn1C)C(=O)c1cc(F)c(Cl)nc1Cl. The van der Waals surface area contributed by atoms with E-state index in [-0.39, 0.29) is 23.3 Å². The van der Waals surface area contributed by atoms with Crippen LogP contribution >= 0.6 is 23.2 Å². The Hall–Kier alpha value is -2.52. The molecule has 0 aromatic carbocycles. The molecule has 0 bridgehead atoms. The number of ether oxygens (including phenoxy) is 1. The van der Waals surface area contributed by atoms with Crippen LogP contribution in [0.2, 0.25) is 10.3 Å². The smallest absolute Gasteiger partial charge is 0.343 e. The molecule has 0 atom stereocenters. The number of aromatic nitrogens is 4. The Kier molecular flexibility index (Phi) is 6.05. The molecule has 1 N–H and O–H groups in total. The number of halogens is 3. The van der Waals surface area contributed by atoms with E-state index < -0.39 is 28.3 Å². The zero-order valence-corrected chi connectivity index (χ0v) is 14.6. The quantitative estimate of drug-likeness (QED) is 0.203. The Bertz CT molecular complexity index is 853. The van der Waals surface area contributed by atoms with E-state index in [0.717, 1.165) is 12.3 Å². The van der Waals surface area contributed by atoms with Crippen LogP contribution in [0.25, 0.3) is 0 Å². The van der Waals surface area contributed by atoms with Crippen molar-refractivity contribution in [3.8, 4) is 0 Å². The van der Waals surface area contributed by atoms with Gasteiger partial charge < -0.3 is 10.1 Å². The van der Waals surface area contributed by atoms with Crippen molar-refractivity contribution in [3.63, 3.8) is 0 Å². The predicted octanol–water partition coefficient (Wildman–Crippen LogP) is 2.40. The Morgan fingerprint density at radius 2 is 2.12 bits per heavy atom. The van der Waals surface area contributed by atoms with Crippen LogP contribution in [0.4, 0.5) is 10.3 Å². The number of Topliss-reactive ketones (excluding diaryl/α,β-unsaturated/α-hetero) is 1. The number of hydrogen-bond donors (Lipinski definition) is 1. The van der Waals surface area contributed by atoms with Crippen molar-refractivity contribution in [1.82, 2.24) is 19.7 Å². The van der Waals surface area contributed by atoms with E-state index in [0.29, 0.717) is 0 Å². The lowest BCUT2D eigenvalue weighted by atomic mass is 10.1. The van der Waals surface area contributed by atoms with Crippen LogP contribution in [0.3, 0.4) is 0 Å². The Balaban J connectivity index is 2.41. The minimum Gasteiger partial charge on any atom is -0.462 e. The van der Waals surface area contributed by atoms with Gasteiger partial charge in [-0.05, 0) is 13.0 Å². The first kappa shape index (κ1) is 18.8. The number of nitrogens with one attached hydrogen (secondary N) is 1. The summed E-state index contributed by atoms with van der Waals surface area (Å²) in [6.07, 6.45) is 2.35. The summed E-state index contributed by atoms with van der Waals surface area (Å²) in [6.45, 7) is 1.61. The van der Waals surface area contributed by atoms with Crippen LogP contribution in [0.1, 0.15) is 17.3 Å². The summed E-state index contributed by atoms with van der Waals surface area (Å²) in [4.78, 5) is 32.1. The Morgan fingerprint density at radius 1 is 1.40 bits per heavy atom. The molecular formula is C14H12Cl2FN5O3. The second-order valence-electron chi connectivity index (χ2n) is 4.56. The highest BCUT2D eigenvalue weighted by Gasteiger charge is 2.25. The first-order valence-corrected chi connectivity index (χ1v) is 7.64. The van der Waals surface area contributed by atoms with Gasteiger partial charge in [-0.2, -0.15) is 10.1 Å². The van der Waals surface area contributed by atoms with E-state index in [1.165, 1.54) is 11.0 Å². The summed E-state index contributed by atoms with van der Waals surface area (Å²) in [5.74, 6) is -2.49. The number of esters is 1. The van der Waals surface area contributed by atoms with Crippen LogP contribution in [-0.2, 0) is 16.6 Å². The van der Waals surface area contributed by atoms with Gasteiger partial charge in [0, 0.05) is 13.2 Å². The number of ketones is 1. The van der Waals surface area contributed by atoms with Gasteiger partial charge in [-0.1, -0.05) is 23.2 Å². The fourth-order valence-electron chi connectivity index (χ4n) is 1.74. The van der Waals surface area contributed by atoms with Gasteiger partial charge in [0.05, 0.1) is 12.2 Å². The van der Waals surface area contributed by atoms with Gasteiger partial charge in [0.25, 0.3) is 0 Å². The molecule has 0 aliphatic rings. The topological polar surface area (TPSA) is 99.0 Å². The van der Waals surface area contributed by atoms with E-state index in [9.17, 15) is 14.0 Å². The number of nitrogens with zero attached hydrogens (tertiary/aromatic N) is 4. The van der Waals surface area contributed by atoms with Crippen molar-refractivity contribution in [1.29, 1.82) is 0 Å². The normalized spacial score (nSPS) is 11.3. The second kappa shape index (κ2) is 8.04. The molecule has 132 valence electrons. The van der Waals surface area contributed by atoms with Gasteiger partial charge in [-0.25, -0.2) is 18.9 Å². The number of aryl methyl sites for hydroxylation is 1. The summed E-state index contributed by atoms with van der Waals surface area (Å²) < 4.78 is 19.8. The third kappa shape index (κ3) is 4.31. The molecule has 0 aliphatic heterocycles. The minimum atomic E-state index is -0.945. The highest BCUT2D eigenvalue weighted by atomic mass is 35.5. The predicted molar refractivity (Wildman–Crippen MR) is 87.9 cm³/mol. The van der Waals surface area contributed by atoms with Crippen LogP contribution in [0.5, 0.6) is 0 Å². The third-order valence-electron chi connectivity index (χ3n) is 2.93. The summed E-state index contributed by atoms with van der Waals surface area (Å²) >= 11 is 11.3. The fraction of sp³-hybridized carbons (Fsp3) is 0.214. The van der Waals surface area contributed by atoms with E-state index >= 15 is 0 Å². The van der Waals surface area contributed by atoms with E-state index in [4.69, 9.17) is 27.9 Å². The molecule has 0 spiro atoms. The molecule has 0 saturated carbocycles. The van der Waals surface area contributed by atoms with E-state index in [1.807, 2.05) is 0 Å². The maximum atomic E-state index is 13.6. The van der Waals surface area contributed by atoms with Crippen molar-refractivity contribution < 1.29 is 18.7 Å². The molecule has 0 aliphatic carbocycles. The summed E-state index contributed by atoms with van der Waals surface area (Å²) in [7, 11) is 1.60. The molecule has 2 heterocycles. The average molecular weight is 388 g/mol. The maximum Gasteiger partial charge on any atom is 0.343 e. The molecular weight excluding hydrogens is 376 g/mol. The number of rotatable bonds is 6. The first-order valence-electron chi connectivity index (χ1n) is 6.89. The summed E-state index contributed by atoms with van der Waals surface area (Å²) in [5, 5.41) is 5.65. The molecule has 0 saturated heterocycles. The van der Waals surface area contributed by atoms with Crippen molar-refractivity contribution in [2.24, 2.45) is 7.05 Å². The number of pyridine rings is 1. The molecule has 2 aromatic heterocycles. The average Bonchev–Trinajstić information content (AvgIpc) is 2.96. The molecule has 0 amide bonds. The molecule has 2 rings (SSSR count). The van der Waals surface area contributed by atoms with Gasteiger partial charge in [0.1, 0.15) is 17.1 Å². The molecule has 0 radical (unpaired) electrons. The zero-order chi connectivity index (χ0) is 18.6. The van der Waals surface area contributed by atoms with Crippen molar-refractivity contribution >= 4 is 40.9 Å². The van der Waals surface area contributed by atoms with Crippen LogP contribution in [0, 0.1) is 5.82 Å². The van der Waals surface area contributed by atoms with Crippen molar-refractivity contribution in [3.05, 3.63) is 45.9 Å². The molecule has 25 heavy (non-hydrogen) atoms. The first-order chi connectivity index (χ1) is 11.8. The lowest BCUT2D eigenvalue weighted by Gasteiger charge is -2.09. The molecule has 8 nitrogen and oxygen atoms in total. The number of hydrogen-bond acceptors (Lipinski definition) is 7. The number of carbonyl (C=O) groups excluding carboxylic acids is 2. The van der Waals surface area contributed by atoms with Crippen molar-refractivity contribution in [2.75, 3.05) is 11.9 Å². The molecule has 2 aromatic rings. The van der Waals surface area contributed by atoms with Gasteiger partial charge in [0.15, 0.2) is 11.0 Å². The molecule has 11 heteroatoms. The molecule has 0 fully saturated rings. The van der Waals surface area contributed by atoms with Gasteiger partial charge in [0.2, 0.25) is 11.7 Å².